The second kappa shape index (κ2) is 4.53. The van der Waals surface area contributed by atoms with Gasteiger partial charge in [0.25, 0.3) is 5.78 Å². The van der Waals surface area contributed by atoms with Crippen molar-refractivity contribution >= 4 is 11.6 Å². The number of hydrogen-bond acceptors (Lipinski definition) is 5. The molecule has 6 nitrogen and oxygen atoms in total. The van der Waals surface area contributed by atoms with Crippen LogP contribution in [0.2, 0.25) is 0 Å². The van der Waals surface area contributed by atoms with Gasteiger partial charge in [0, 0.05) is 30.9 Å². The van der Waals surface area contributed by atoms with E-state index in [9.17, 15) is 0 Å². The largest absolute Gasteiger partial charge is 0.355 e. The number of nitrogens with two attached hydrogens (primary N) is 1. The van der Waals surface area contributed by atoms with Gasteiger partial charge in [-0.1, -0.05) is 6.92 Å². The minimum Gasteiger partial charge on any atom is -0.355 e. The molecule has 2 aromatic heterocycles. The van der Waals surface area contributed by atoms with Crippen LogP contribution in [0.25, 0.3) is 5.78 Å². The van der Waals surface area contributed by atoms with Gasteiger partial charge in [-0.3, -0.25) is 0 Å². The summed E-state index contributed by atoms with van der Waals surface area (Å²) in [6.45, 7) is 4.00. The predicted molar refractivity (Wildman–Crippen MR) is 69.6 cm³/mol. The Morgan fingerprint density at radius 2 is 2.39 bits per heavy atom. The lowest BCUT2D eigenvalue weighted by atomic mass is 10.1. The summed E-state index contributed by atoms with van der Waals surface area (Å²) >= 11 is 0. The normalized spacial score (nSPS) is 20.6. The highest BCUT2D eigenvalue weighted by atomic mass is 15.4. The summed E-state index contributed by atoms with van der Waals surface area (Å²) in [6, 6.07) is 2.34. The average molecular weight is 246 g/mol. The Balaban J connectivity index is 2.05. The molecule has 3 rings (SSSR count). The third-order valence-electron chi connectivity index (χ3n) is 3.43. The number of rotatable bonds is 2. The van der Waals surface area contributed by atoms with Gasteiger partial charge in [-0.2, -0.15) is 14.6 Å². The molecule has 0 amide bonds. The van der Waals surface area contributed by atoms with Crippen molar-refractivity contribution < 1.29 is 0 Å². The summed E-state index contributed by atoms with van der Waals surface area (Å²) in [5.74, 6) is 1.73. The van der Waals surface area contributed by atoms with Crippen LogP contribution in [0, 0.1) is 0 Å². The first kappa shape index (κ1) is 11.4. The fourth-order valence-electron chi connectivity index (χ4n) is 2.47. The molecule has 1 aliphatic rings. The molecular weight excluding hydrogens is 228 g/mol. The van der Waals surface area contributed by atoms with Crippen molar-refractivity contribution in [2.75, 3.05) is 18.0 Å². The zero-order chi connectivity index (χ0) is 12.5. The van der Waals surface area contributed by atoms with Crippen LogP contribution in [-0.2, 0) is 6.42 Å². The predicted octanol–water partition coefficient (Wildman–Crippen LogP) is 0.614. The highest BCUT2D eigenvalue weighted by molar-refractivity contribution is 5.47. The number of nitrogens with zero attached hydrogens (tertiary/aromatic N) is 5. The quantitative estimate of drug-likeness (QED) is 0.840. The number of hydrogen-bond donors (Lipinski definition) is 1. The molecule has 6 heteroatoms. The molecule has 0 saturated carbocycles. The molecular formula is C12H18N6. The molecule has 1 saturated heterocycles. The summed E-state index contributed by atoms with van der Waals surface area (Å²) in [4.78, 5) is 10.9. The number of fused-ring (bicyclic) bond motifs is 1. The lowest BCUT2D eigenvalue weighted by Gasteiger charge is -2.32. The monoisotopic (exact) mass is 246 g/mol. The molecule has 2 aromatic rings. The van der Waals surface area contributed by atoms with Gasteiger partial charge < -0.3 is 10.6 Å². The third kappa shape index (κ3) is 1.92. The summed E-state index contributed by atoms with van der Waals surface area (Å²) in [5.41, 5.74) is 7.10. The Hall–Kier alpha value is -1.69. The minimum atomic E-state index is 0.246. The fraction of sp³-hybridized carbons (Fsp3) is 0.583. The van der Waals surface area contributed by atoms with E-state index in [-0.39, 0.29) is 6.04 Å². The molecule has 0 unspecified atom stereocenters. The molecule has 96 valence electrons. The Kier molecular flexibility index (Phi) is 2.87. The van der Waals surface area contributed by atoms with Gasteiger partial charge in [0.2, 0.25) is 0 Å². The topological polar surface area (TPSA) is 72.3 Å². The van der Waals surface area contributed by atoms with Gasteiger partial charge in [0.15, 0.2) is 0 Å². The molecule has 1 aliphatic heterocycles. The van der Waals surface area contributed by atoms with Crippen LogP contribution in [0.3, 0.4) is 0 Å². The first-order chi connectivity index (χ1) is 8.78. The molecule has 1 fully saturated rings. The van der Waals surface area contributed by atoms with Crippen molar-refractivity contribution in [2.45, 2.75) is 32.2 Å². The average Bonchev–Trinajstić information content (AvgIpc) is 2.85. The molecule has 1 atom stereocenters. The summed E-state index contributed by atoms with van der Waals surface area (Å²) in [7, 11) is 0. The summed E-state index contributed by atoms with van der Waals surface area (Å²) in [6.07, 6.45) is 4.68. The highest BCUT2D eigenvalue weighted by Crippen LogP contribution is 2.20. The second-order valence-electron chi connectivity index (χ2n) is 4.78. The molecule has 0 spiro atoms. The SMILES string of the molecule is CCc1cc(N2CCC[C@H](N)C2)n2ncnc2n1. The summed E-state index contributed by atoms with van der Waals surface area (Å²) < 4.78 is 1.80. The first-order valence-electron chi connectivity index (χ1n) is 6.48. The smallest absolute Gasteiger partial charge is 0.254 e. The Morgan fingerprint density at radius 1 is 1.50 bits per heavy atom. The number of anilines is 1. The van der Waals surface area contributed by atoms with Gasteiger partial charge in [-0.15, -0.1) is 0 Å². The van der Waals surface area contributed by atoms with Crippen LogP contribution in [-0.4, -0.2) is 38.7 Å². The van der Waals surface area contributed by atoms with Gasteiger partial charge in [0.1, 0.15) is 12.1 Å². The van der Waals surface area contributed by atoms with Crippen molar-refractivity contribution in [3.8, 4) is 0 Å². The second-order valence-corrected chi connectivity index (χ2v) is 4.78. The molecule has 18 heavy (non-hydrogen) atoms. The van der Waals surface area contributed by atoms with E-state index < -0.39 is 0 Å². The van der Waals surface area contributed by atoms with Gasteiger partial charge in [-0.25, -0.2) is 4.98 Å². The van der Waals surface area contributed by atoms with E-state index in [0.29, 0.717) is 5.78 Å². The van der Waals surface area contributed by atoms with Crippen LogP contribution in [0.5, 0.6) is 0 Å². The van der Waals surface area contributed by atoms with E-state index in [1.165, 1.54) is 0 Å². The standard InChI is InChI=1S/C12H18N6/c1-2-10-6-11(17-5-3-4-9(13)7-17)18-12(16-10)14-8-15-18/h6,8-9H,2-5,7,13H2,1H3/t9-/m0/s1. The van der Waals surface area contributed by atoms with Crippen LogP contribution in [0.4, 0.5) is 5.82 Å². The van der Waals surface area contributed by atoms with E-state index in [2.05, 4.69) is 33.0 Å². The maximum Gasteiger partial charge on any atom is 0.254 e. The van der Waals surface area contributed by atoms with Crippen LogP contribution in [0.15, 0.2) is 12.4 Å². The molecule has 2 N–H and O–H groups in total. The number of piperidine rings is 1. The molecule has 0 aromatic carbocycles. The van der Waals surface area contributed by atoms with Crippen molar-refractivity contribution in [2.24, 2.45) is 5.73 Å². The highest BCUT2D eigenvalue weighted by Gasteiger charge is 2.20. The maximum absolute atomic E-state index is 6.05. The van der Waals surface area contributed by atoms with Crippen molar-refractivity contribution in [1.29, 1.82) is 0 Å². The zero-order valence-corrected chi connectivity index (χ0v) is 10.6. The zero-order valence-electron chi connectivity index (χ0n) is 10.6. The van der Waals surface area contributed by atoms with Crippen LogP contribution in [0.1, 0.15) is 25.5 Å². The van der Waals surface area contributed by atoms with Gasteiger partial charge >= 0.3 is 0 Å². The van der Waals surface area contributed by atoms with E-state index in [1.54, 1.807) is 10.8 Å². The van der Waals surface area contributed by atoms with Crippen LogP contribution >= 0.6 is 0 Å². The van der Waals surface area contributed by atoms with Gasteiger partial charge in [-0.05, 0) is 19.3 Å². The van der Waals surface area contributed by atoms with Crippen molar-refractivity contribution in [3.05, 3.63) is 18.1 Å². The van der Waals surface area contributed by atoms with E-state index in [4.69, 9.17) is 5.73 Å². The molecule has 0 radical (unpaired) electrons. The van der Waals surface area contributed by atoms with E-state index in [0.717, 1.165) is 43.9 Å². The minimum absolute atomic E-state index is 0.246. The Morgan fingerprint density at radius 3 is 3.17 bits per heavy atom. The third-order valence-corrected chi connectivity index (χ3v) is 3.43. The first-order valence-corrected chi connectivity index (χ1v) is 6.48. The van der Waals surface area contributed by atoms with Gasteiger partial charge in [0.05, 0.1) is 0 Å². The van der Waals surface area contributed by atoms with Crippen LogP contribution < -0.4 is 10.6 Å². The van der Waals surface area contributed by atoms with Crippen molar-refractivity contribution in [3.63, 3.8) is 0 Å². The fourth-order valence-corrected chi connectivity index (χ4v) is 2.47. The lowest BCUT2D eigenvalue weighted by Crippen LogP contribution is -2.43. The molecule has 0 bridgehead atoms. The van der Waals surface area contributed by atoms with Crippen molar-refractivity contribution in [1.82, 2.24) is 19.6 Å². The Bertz CT molecular complexity index is 548. The van der Waals surface area contributed by atoms with E-state index >= 15 is 0 Å². The molecule has 3 heterocycles. The van der Waals surface area contributed by atoms with E-state index in [1.807, 2.05) is 0 Å². The number of aromatic nitrogens is 4. The molecule has 0 aliphatic carbocycles. The summed E-state index contributed by atoms with van der Waals surface area (Å²) in [5, 5.41) is 4.25. The number of aryl methyl sites for hydroxylation is 1. The lowest BCUT2D eigenvalue weighted by molar-refractivity contribution is 0.500. The maximum atomic E-state index is 6.05. The Labute approximate surface area is 106 Å².